The molecule has 0 aliphatic carbocycles. The van der Waals surface area contributed by atoms with E-state index in [2.05, 4.69) is 30.1 Å². The van der Waals surface area contributed by atoms with Crippen LogP contribution in [0.2, 0.25) is 0 Å². The van der Waals surface area contributed by atoms with Gasteiger partial charge in [-0.15, -0.1) is 0 Å². The Morgan fingerprint density at radius 1 is 1.17 bits per heavy atom. The molecule has 2 amide bonds. The second kappa shape index (κ2) is 8.11. The third-order valence-corrected chi connectivity index (χ3v) is 4.27. The molecule has 0 radical (unpaired) electrons. The molecule has 0 spiro atoms. The normalized spacial score (nSPS) is 21.8. The molecule has 2 atom stereocenters. The van der Waals surface area contributed by atoms with E-state index in [4.69, 9.17) is 5.73 Å². The van der Waals surface area contributed by atoms with Crippen LogP contribution >= 0.6 is 0 Å². The number of benzene rings is 1. The highest BCUT2D eigenvalue weighted by atomic mass is 16.2. The minimum Gasteiger partial charge on any atom is -0.369 e. The molecule has 126 valence electrons. The molecule has 1 aromatic rings. The summed E-state index contributed by atoms with van der Waals surface area (Å²) in [6.07, 6.45) is 1.03. The average Bonchev–Trinajstić information content (AvgIpc) is 2.44. The van der Waals surface area contributed by atoms with Gasteiger partial charge in [0.15, 0.2) is 0 Å². The molecule has 0 bridgehead atoms. The van der Waals surface area contributed by atoms with Crippen LogP contribution in [-0.2, 0) is 22.7 Å². The summed E-state index contributed by atoms with van der Waals surface area (Å²) in [6, 6.07) is 8.14. The highest BCUT2D eigenvalue weighted by Crippen LogP contribution is 2.23. The fraction of sp³-hybridized carbons (Fsp3) is 0.556. The first-order valence-corrected chi connectivity index (χ1v) is 8.28. The van der Waals surface area contributed by atoms with Crippen molar-refractivity contribution < 1.29 is 9.59 Å². The van der Waals surface area contributed by atoms with Gasteiger partial charge in [-0.2, -0.15) is 0 Å². The van der Waals surface area contributed by atoms with Crippen molar-refractivity contribution in [1.29, 1.82) is 0 Å². The molecule has 5 heteroatoms. The van der Waals surface area contributed by atoms with Gasteiger partial charge >= 0.3 is 0 Å². The van der Waals surface area contributed by atoms with Crippen LogP contribution in [0.4, 0.5) is 0 Å². The van der Waals surface area contributed by atoms with Gasteiger partial charge in [0.1, 0.15) is 6.42 Å². The van der Waals surface area contributed by atoms with Gasteiger partial charge in [0.2, 0.25) is 11.8 Å². The van der Waals surface area contributed by atoms with Crippen molar-refractivity contribution in [3.05, 3.63) is 35.4 Å². The number of nitrogens with two attached hydrogens (primary N) is 1. The van der Waals surface area contributed by atoms with Crippen molar-refractivity contribution in [2.75, 3.05) is 13.1 Å². The summed E-state index contributed by atoms with van der Waals surface area (Å²) in [5.74, 6) is 0.516. The van der Waals surface area contributed by atoms with E-state index < -0.39 is 5.91 Å². The number of hydrogen-bond acceptors (Lipinski definition) is 3. The molecule has 0 saturated carbocycles. The Hall–Kier alpha value is -1.88. The van der Waals surface area contributed by atoms with Crippen molar-refractivity contribution in [2.45, 2.75) is 39.8 Å². The highest BCUT2D eigenvalue weighted by Gasteiger charge is 2.22. The number of piperidine rings is 1. The monoisotopic (exact) mass is 317 g/mol. The number of likely N-dealkylation sites (tertiary alicyclic amines) is 1. The Kier molecular flexibility index (Phi) is 6.16. The van der Waals surface area contributed by atoms with Gasteiger partial charge in [0.05, 0.1) is 0 Å². The summed E-state index contributed by atoms with van der Waals surface area (Å²) in [4.78, 5) is 24.8. The minimum absolute atomic E-state index is 0.261. The van der Waals surface area contributed by atoms with E-state index >= 15 is 0 Å². The molecule has 1 aromatic carbocycles. The molecular weight excluding hydrogens is 290 g/mol. The Bertz CT molecular complexity index is 549. The lowest BCUT2D eigenvalue weighted by molar-refractivity contribution is -0.127. The van der Waals surface area contributed by atoms with Crippen LogP contribution < -0.4 is 11.1 Å². The lowest BCUT2D eigenvalue weighted by Gasteiger charge is -2.35. The van der Waals surface area contributed by atoms with E-state index in [0.29, 0.717) is 6.54 Å². The van der Waals surface area contributed by atoms with E-state index in [1.807, 2.05) is 18.2 Å². The molecule has 3 N–H and O–H groups in total. The van der Waals surface area contributed by atoms with E-state index in [1.165, 1.54) is 12.0 Å². The van der Waals surface area contributed by atoms with Crippen LogP contribution in [0.5, 0.6) is 0 Å². The molecule has 1 aliphatic heterocycles. The van der Waals surface area contributed by atoms with Gasteiger partial charge in [-0.05, 0) is 29.4 Å². The molecule has 1 aliphatic rings. The topological polar surface area (TPSA) is 75.4 Å². The number of nitrogens with one attached hydrogen (secondary N) is 1. The van der Waals surface area contributed by atoms with Crippen LogP contribution in [0.3, 0.4) is 0 Å². The van der Waals surface area contributed by atoms with Crippen LogP contribution in [0.25, 0.3) is 0 Å². The van der Waals surface area contributed by atoms with Gasteiger partial charge < -0.3 is 11.1 Å². The lowest BCUT2D eigenvalue weighted by atomic mass is 9.91. The lowest BCUT2D eigenvalue weighted by Crippen LogP contribution is -2.38. The third-order valence-electron chi connectivity index (χ3n) is 4.27. The Balaban J connectivity index is 1.97. The number of hydrogen-bond donors (Lipinski definition) is 2. The van der Waals surface area contributed by atoms with E-state index in [0.717, 1.165) is 37.0 Å². The number of carbonyl (C=O) groups excluding carboxylic acids is 2. The van der Waals surface area contributed by atoms with Crippen molar-refractivity contribution >= 4 is 11.8 Å². The first-order chi connectivity index (χ1) is 10.9. The summed E-state index contributed by atoms with van der Waals surface area (Å²) in [6.45, 7) is 8.18. The van der Waals surface area contributed by atoms with E-state index in [9.17, 15) is 9.59 Å². The van der Waals surface area contributed by atoms with Crippen molar-refractivity contribution in [2.24, 2.45) is 17.6 Å². The standard InChI is InChI=1S/C18H27N3O2/c1-13-7-14(2)11-21(10-13)12-16-6-4-3-5-15(16)9-20-18(23)8-17(19)22/h3-6,13-14H,7-12H2,1-2H3,(H2,19,22)(H,20,23)/t13-,14+. The molecule has 2 rings (SSSR count). The molecule has 0 unspecified atom stereocenters. The maximum atomic E-state index is 11.6. The summed E-state index contributed by atoms with van der Waals surface area (Å²) in [7, 11) is 0. The Morgan fingerprint density at radius 3 is 2.39 bits per heavy atom. The van der Waals surface area contributed by atoms with Gasteiger partial charge in [0, 0.05) is 26.2 Å². The second-order valence-corrected chi connectivity index (χ2v) is 6.83. The maximum Gasteiger partial charge on any atom is 0.229 e. The van der Waals surface area contributed by atoms with Gasteiger partial charge in [0.25, 0.3) is 0 Å². The smallest absolute Gasteiger partial charge is 0.229 e. The first-order valence-electron chi connectivity index (χ1n) is 8.28. The SMILES string of the molecule is C[C@@H]1C[C@H](C)CN(Cc2ccccc2CNC(=O)CC(N)=O)C1. The Morgan fingerprint density at radius 2 is 1.78 bits per heavy atom. The number of rotatable bonds is 6. The first kappa shape index (κ1) is 17.5. The van der Waals surface area contributed by atoms with E-state index in [1.54, 1.807) is 0 Å². The predicted octanol–water partition coefficient (Wildman–Crippen LogP) is 1.66. The quantitative estimate of drug-likeness (QED) is 0.784. The fourth-order valence-corrected chi connectivity index (χ4v) is 3.46. The zero-order chi connectivity index (χ0) is 16.8. The van der Waals surface area contributed by atoms with Crippen LogP contribution in [0, 0.1) is 11.8 Å². The Labute approximate surface area is 138 Å². The highest BCUT2D eigenvalue weighted by molar-refractivity contribution is 5.95. The van der Waals surface area contributed by atoms with Crippen molar-refractivity contribution in [1.82, 2.24) is 10.2 Å². The molecule has 23 heavy (non-hydrogen) atoms. The zero-order valence-corrected chi connectivity index (χ0v) is 14.0. The molecule has 1 heterocycles. The minimum atomic E-state index is -0.605. The van der Waals surface area contributed by atoms with Gasteiger partial charge in [-0.1, -0.05) is 38.1 Å². The third kappa shape index (κ3) is 5.67. The van der Waals surface area contributed by atoms with Crippen LogP contribution in [0.1, 0.15) is 37.8 Å². The molecule has 1 saturated heterocycles. The second-order valence-electron chi connectivity index (χ2n) is 6.83. The fourth-order valence-electron chi connectivity index (χ4n) is 3.46. The molecule has 1 fully saturated rings. The largest absolute Gasteiger partial charge is 0.369 e. The number of primary amides is 1. The zero-order valence-electron chi connectivity index (χ0n) is 14.0. The van der Waals surface area contributed by atoms with Crippen LogP contribution in [0.15, 0.2) is 24.3 Å². The molecule has 0 aromatic heterocycles. The average molecular weight is 317 g/mol. The summed E-state index contributed by atoms with van der Waals surface area (Å²) in [5.41, 5.74) is 7.36. The summed E-state index contributed by atoms with van der Waals surface area (Å²) < 4.78 is 0. The van der Waals surface area contributed by atoms with Gasteiger partial charge in [-0.25, -0.2) is 0 Å². The number of carbonyl (C=O) groups is 2. The maximum absolute atomic E-state index is 11.6. The van der Waals surface area contributed by atoms with Gasteiger partial charge in [-0.3, -0.25) is 14.5 Å². The van der Waals surface area contributed by atoms with Crippen molar-refractivity contribution in [3.8, 4) is 0 Å². The number of nitrogens with zero attached hydrogens (tertiary/aromatic N) is 1. The van der Waals surface area contributed by atoms with E-state index in [-0.39, 0.29) is 12.3 Å². The van der Waals surface area contributed by atoms with Crippen molar-refractivity contribution in [3.63, 3.8) is 0 Å². The predicted molar refractivity (Wildman–Crippen MR) is 90.3 cm³/mol. The molecule has 5 nitrogen and oxygen atoms in total. The number of amides is 2. The summed E-state index contributed by atoms with van der Waals surface area (Å²) >= 11 is 0. The summed E-state index contributed by atoms with van der Waals surface area (Å²) in [5, 5.41) is 2.77. The molecular formula is C18H27N3O2. The van der Waals surface area contributed by atoms with Crippen LogP contribution in [-0.4, -0.2) is 29.8 Å².